The lowest BCUT2D eigenvalue weighted by atomic mass is 9.89. The molecule has 1 saturated heterocycles. The summed E-state index contributed by atoms with van der Waals surface area (Å²) in [4.78, 5) is 20.4. The number of carbonyl (C=O) groups excluding carboxylic acids is 1. The number of hydrogen-bond acceptors (Lipinski definition) is 6. The molecule has 3 atom stereocenters. The van der Waals surface area contributed by atoms with E-state index in [1.54, 1.807) is 7.11 Å². The third-order valence-corrected chi connectivity index (χ3v) is 8.53. The molecule has 0 N–H and O–H groups in total. The van der Waals surface area contributed by atoms with Gasteiger partial charge in [-0.15, -0.1) is 11.8 Å². The van der Waals surface area contributed by atoms with Crippen LogP contribution in [0.25, 0.3) is 11.2 Å². The average molecular weight is 480 g/mol. The van der Waals surface area contributed by atoms with Crippen LogP contribution in [0.5, 0.6) is 5.75 Å². The number of aryl methyl sites for hydroxylation is 1. The Labute approximate surface area is 204 Å². The Morgan fingerprint density at radius 1 is 1.24 bits per heavy atom. The van der Waals surface area contributed by atoms with Crippen LogP contribution < -0.4 is 9.30 Å². The topological polar surface area (TPSA) is 60.5 Å². The summed E-state index contributed by atoms with van der Waals surface area (Å²) < 4.78 is 15.3. The van der Waals surface area contributed by atoms with E-state index in [0.29, 0.717) is 23.9 Å². The summed E-state index contributed by atoms with van der Waals surface area (Å²) in [7, 11) is 1.64. The SMILES string of the molecule is CCn1cnc2c1ccc[n+]2CC1=C(C(=O)OCc2ccc(OC)cc2)N2C(C)C(C)C2SC1. The molecule has 2 aliphatic rings. The van der Waals surface area contributed by atoms with E-state index >= 15 is 0 Å². The standard InChI is InChI=1S/C26H31N4O3S/c1-5-28-16-27-24-22(28)7-6-12-29(24)13-20-15-34-25-17(2)18(3)30(25)23(20)26(31)33-14-19-8-10-21(32-4)11-9-19/h6-12,16-18,25H,5,13-15H2,1-4H3/q+1. The maximum Gasteiger partial charge on any atom is 0.355 e. The monoisotopic (exact) mass is 479 g/mol. The van der Waals surface area contributed by atoms with Crippen LogP contribution in [-0.4, -0.2) is 44.7 Å². The highest BCUT2D eigenvalue weighted by atomic mass is 32.2. The van der Waals surface area contributed by atoms with Crippen molar-refractivity contribution < 1.29 is 18.8 Å². The number of imidazole rings is 1. The number of benzene rings is 1. The molecule has 0 spiro atoms. The molecule has 178 valence electrons. The number of methoxy groups -OCH3 is 1. The average Bonchev–Trinajstić information content (AvgIpc) is 3.31. The summed E-state index contributed by atoms with van der Waals surface area (Å²) in [6.45, 7) is 8.28. The molecule has 0 radical (unpaired) electrons. The molecule has 0 saturated carbocycles. The van der Waals surface area contributed by atoms with E-state index in [1.165, 1.54) is 0 Å². The third-order valence-electron chi connectivity index (χ3n) is 7.02. The van der Waals surface area contributed by atoms with Gasteiger partial charge in [0.15, 0.2) is 0 Å². The molecule has 4 heterocycles. The van der Waals surface area contributed by atoms with Gasteiger partial charge in [0.1, 0.15) is 30.1 Å². The Morgan fingerprint density at radius 2 is 2.03 bits per heavy atom. The van der Waals surface area contributed by atoms with Crippen LogP contribution in [0, 0.1) is 5.92 Å². The molecule has 0 bridgehead atoms. The first-order valence-corrected chi connectivity index (χ1v) is 12.8. The van der Waals surface area contributed by atoms with E-state index in [-0.39, 0.29) is 12.6 Å². The van der Waals surface area contributed by atoms with Gasteiger partial charge in [-0.2, -0.15) is 0 Å². The van der Waals surface area contributed by atoms with Gasteiger partial charge in [-0.25, -0.2) is 9.36 Å². The smallest absolute Gasteiger partial charge is 0.355 e. The highest BCUT2D eigenvalue weighted by Crippen LogP contribution is 2.47. The van der Waals surface area contributed by atoms with Crippen molar-refractivity contribution in [1.82, 2.24) is 14.5 Å². The lowest BCUT2D eigenvalue weighted by molar-refractivity contribution is -0.664. The third kappa shape index (κ3) is 3.94. The number of pyridine rings is 1. The zero-order valence-electron chi connectivity index (χ0n) is 20.1. The van der Waals surface area contributed by atoms with Crippen LogP contribution in [-0.2, 0) is 29.2 Å². The molecule has 2 aromatic heterocycles. The molecule has 3 unspecified atom stereocenters. The molecule has 1 fully saturated rings. The van der Waals surface area contributed by atoms with Crippen LogP contribution in [0.15, 0.2) is 60.2 Å². The van der Waals surface area contributed by atoms with Gasteiger partial charge < -0.3 is 18.9 Å². The van der Waals surface area contributed by atoms with Gasteiger partial charge in [-0.05, 0) is 48.7 Å². The number of rotatable bonds is 7. The summed E-state index contributed by atoms with van der Waals surface area (Å²) in [6.07, 6.45) is 3.92. The van der Waals surface area contributed by atoms with Crippen molar-refractivity contribution in [3.63, 3.8) is 0 Å². The predicted molar refractivity (Wildman–Crippen MR) is 132 cm³/mol. The van der Waals surface area contributed by atoms with E-state index in [9.17, 15) is 4.79 Å². The molecular formula is C26H31N4O3S+. The van der Waals surface area contributed by atoms with Crippen molar-refractivity contribution in [2.45, 2.75) is 51.9 Å². The number of carbonyl (C=O) groups is 1. The number of hydrogen-bond donors (Lipinski definition) is 0. The Hall–Kier alpha value is -3.00. The van der Waals surface area contributed by atoms with Crippen LogP contribution in [0.2, 0.25) is 0 Å². The Morgan fingerprint density at radius 3 is 2.76 bits per heavy atom. The maximum absolute atomic E-state index is 13.5. The molecule has 0 amide bonds. The van der Waals surface area contributed by atoms with Gasteiger partial charge in [-0.1, -0.05) is 19.1 Å². The molecule has 34 heavy (non-hydrogen) atoms. The zero-order chi connectivity index (χ0) is 23.8. The van der Waals surface area contributed by atoms with Gasteiger partial charge >= 0.3 is 11.6 Å². The first-order chi connectivity index (χ1) is 16.5. The summed E-state index contributed by atoms with van der Waals surface area (Å²) in [6, 6.07) is 12.1. The Bertz CT molecular complexity index is 1240. The fraction of sp³-hybridized carbons (Fsp3) is 0.423. The van der Waals surface area contributed by atoms with E-state index in [4.69, 9.17) is 9.47 Å². The highest BCUT2D eigenvalue weighted by Gasteiger charge is 2.49. The molecule has 5 rings (SSSR count). The first-order valence-electron chi connectivity index (χ1n) is 11.8. The predicted octanol–water partition coefficient (Wildman–Crippen LogP) is 3.76. The van der Waals surface area contributed by atoms with E-state index in [2.05, 4.69) is 45.9 Å². The Kier molecular flexibility index (Phi) is 6.25. The fourth-order valence-corrected chi connectivity index (χ4v) is 6.44. The molecule has 0 aliphatic carbocycles. The van der Waals surface area contributed by atoms with Gasteiger partial charge in [0.25, 0.3) is 0 Å². The van der Waals surface area contributed by atoms with Crippen LogP contribution in [0.3, 0.4) is 0 Å². The van der Waals surface area contributed by atoms with Crippen molar-refractivity contribution in [3.8, 4) is 5.75 Å². The number of esters is 1. The highest BCUT2D eigenvalue weighted by molar-refractivity contribution is 8.00. The fourth-order valence-electron chi connectivity index (χ4n) is 4.85. The molecule has 8 heteroatoms. The van der Waals surface area contributed by atoms with Crippen molar-refractivity contribution in [1.29, 1.82) is 0 Å². The zero-order valence-corrected chi connectivity index (χ0v) is 20.9. The van der Waals surface area contributed by atoms with Gasteiger partial charge in [0.05, 0.1) is 18.7 Å². The van der Waals surface area contributed by atoms with Crippen molar-refractivity contribution in [2.24, 2.45) is 5.92 Å². The van der Waals surface area contributed by atoms with Crippen molar-refractivity contribution >= 4 is 28.9 Å². The second-order valence-corrected chi connectivity index (χ2v) is 10.1. The maximum atomic E-state index is 13.5. The van der Waals surface area contributed by atoms with Gasteiger partial charge in [0.2, 0.25) is 6.33 Å². The lowest BCUT2D eigenvalue weighted by Gasteiger charge is -2.56. The summed E-state index contributed by atoms with van der Waals surface area (Å²) in [5, 5.41) is 0.322. The van der Waals surface area contributed by atoms with E-state index in [0.717, 1.165) is 46.0 Å². The van der Waals surface area contributed by atoms with Crippen LogP contribution in [0.4, 0.5) is 0 Å². The lowest BCUT2D eigenvalue weighted by Crippen LogP contribution is -2.62. The second kappa shape index (κ2) is 9.33. The summed E-state index contributed by atoms with van der Waals surface area (Å²) in [5.74, 6) is 1.88. The number of nitrogens with zero attached hydrogens (tertiary/aromatic N) is 4. The van der Waals surface area contributed by atoms with E-state index < -0.39 is 0 Å². The first kappa shape index (κ1) is 22.8. The van der Waals surface area contributed by atoms with Gasteiger partial charge in [0, 0.05) is 29.8 Å². The molecule has 3 aromatic rings. The van der Waals surface area contributed by atoms with Crippen LogP contribution in [0.1, 0.15) is 26.3 Å². The minimum absolute atomic E-state index is 0.235. The van der Waals surface area contributed by atoms with Crippen molar-refractivity contribution in [3.05, 3.63) is 65.8 Å². The number of ether oxygens (including phenoxy) is 2. The number of thioether (sulfide) groups is 1. The number of fused-ring (bicyclic) bond motifs is 2. The second-order valence-electron chi connectivity index (χ2n) is 8.96. The van der Waals surface area contributed by atoms with Gasteiger partial charge in [-0.3, -0.25) is 0 Å². The Balaban J connectivity index is 1.44. The number of aromatic nitrogens is 3. The van der Waals surface area contributed by atoms with E-state index in [1.807, 2.05) is 54.6 Å². The summed E-state index contributed by atoms with van der Waals surface area (Å²) >= 11 is 1.91. The largest absolute Gasteiger partial charge is 0.497 e. The normalized spacial score (nSPS) is 21.9. The molecule has 2 aliphatic heterocycles. The molecule has 7 nitrogen and oxygen atoms in total. The quantitative estimate of drug-likeness (QED) is 0.380. The minimum atomic E-state index is -0.248. The minimum Gasteiger partial charge on any atom is -0.497 e. The summed E-state index contributed by atoms with van der Waals surface area (Å²) in [5.41, 5.74) is 4.78. The van der Waals surface area contributed by atoms with Crippen molar-refractivity contribution in [2.75, 3.05) is 12.9 Å². The van der Waals surface area contributed by atoms with Crippen LogP contribution >= 0.6 is 11.8 Å². The molecule has 1 aromatic carbocycles. The molecular weight excluding hydrogens is 448 g/mol.